The van der Waals surface area contributed by atoms with Crippen molar-refractivity contribution in [1.29, 1.82) is 0 Å². The van der Waals surface area contributed by atoms with Gasteiger partial charge in [0.2, 0.25) is 5.91 Å². The molecule has 1 amide bonds. The van der Waals surface area contributed by atoms with Gasteiger partial charge in [0, 0.05) is 12.1 Å². The first-order valence-corrected chi connectivity index (χ1v) is 5.27. The van der Waals surface area contributed by atoms with Crippen molar-refractivity contribution in [2.45, 2.75) is 26.4 Å². The van der Waals surface area contributed by atoms with Crippen molar-refractivity contribution in [3.05, 3.63) is 34.9 Å². The third-order valence-corrected chi connectivity index (χ3v) is 2.60. The average molecular weight is 236 g/mol. The van der Waals surface area contributed by atoms with Gasteiger partial charge in [-0.15, -0.1) is 0 Å². The van der Waals surface area contributed by atoms with Crippen LogP contribution in [0, 0.1) is 6.92 Å². The third-order valence-electron chi connectivity index (χ3n) is 2.60. The van der Waals surface area contributed by atoms with E-state index in [1.807, 2.05) is 6.92 Å². The van der Waals surface area contributed by atoms with Crippen LogP contribution in [0.4, 0.5) is 0 Å². The second kappa shape index (κ2) is 5.45. The topological polar surface area (TPSA) is 92.4 Å². The van der Waals surface area contributed by atoms with Gasteiger partial charge in [-0.3, -0.25) is 9.59 Å². The number of carboxylic acid groups (broad SMARTS) is 1. The monoisotopic (exact) mass is 236 g/mol. The quantitative estimate of drug-likeness (QED) is 0.700. The molecule has 0 saturated carbocycles. The number of nitrogens with two attached hydrogens (primary N) is 1. The summed E-state index contributed by atoms with van der Waals surface area (Å²) in [5.74, 6) is -1.36. The summed E-state index contributed by atoms with van der Waals surface area (Å²) in [4.78, 5) is 21.6. The van der Waals surface area contributed by atoms with Crippen molar-refractivity contribution in [3.8, 4) is 0 Å². The van der Waals surface area contributed by atoms with E-state index in [1.54, 1.807) is 25.1 Å². The Morgan fingerprint density at radius 3 is 2.59 bits per heavy atom. The number of aliphatic carboxylic acids is 1. The summed E-state index contributed by atoms with van der Waals surface area (Å²) in [5, 5.41) is 11.6. The maximum absolute atomic E-state index is 10.9. The van der Waals surface area contributed by atoms with Crippen LogP contribution in [-0.2, 0) is 11.3 Å². The van der Waals surface area contributed by atoms with Crippen LogP contribution in [-0.4, -0.2) is 23.0 Å². The molecule has 0 aliphatic rings. The Morgan fingerprint density at radius 2 is 2.12 bits per heavy atom. The molecule has 1 atom stereocenters. The number of carboxylic acids is 1. The number of primary amides is 1. The zero-order valence-electron chi connectivity index (χ0n) is 9.86. The molecule has 5 heteroatoms. The molecule has 0 radical (unpaired) electrons. The van der Waals surface area contributed by atoms with Crippen molar-refractivity contribution in [1.82, 2.24) is 5.32 Å². The number of rotatable bonds is 5. The molecule has 4 N–H and O–H groups in total. The highest BCUT2D eigenvalue weighted by Gasteiger charge is 2.10. The van der Waals surface area contributed by atoms with E-state index >= 15 is 0 Å². The van der Waals surface area contributed by atoms with Gasteiger partial charge in [0.05, 0.1) is 0 Å². The maximum Gasteiger partial charge on any atom is 0.320 e. The van der Waals surface area contributed by atoms with E-state index in [9.17, 15) is 9.59 Å². The Hall–Kier alpha value is -1.88. The smallest absolute Gasteiger partial charge is 0.320 e. The molecule has 1 aromatic carbocycles. The number of hydrogen-bond donors (Lipinski definition) is 3. The lowest BCUT2D eigenvalue weighted by atomic mass is 10.0. The Bertz CT molecular complexity index is 443. The van der Waals surface area contributed by atoms with Crippen LogP contribution in [0.3, 0.4) is 0 Å². The van der Waals surface area contributed by atoms with Gasteiger partial charge in [-0.2, -0.15) is 0 Å². The summed E-state index contributed by atoms with van der Waals surface area (Å²) in [5.41, 5.74) is 7.47. The molecule has 0 spiro atoms. The zero-order chi connectivity index (χ0) is 13.0. The predicted octanol–water partition coefficient (Wildman–Crippen LogP) is 0.657. The van der Waals surface area contributed by atoms with Crippen LogP contribution >= 0.6 is 0 Å². The van der Waals surface area contributed by atoms with Gasteiger partial charge in [-0.25, -0.2) is 0 Å². The van der Waals surface area contributed by atoms with Gasteiger partial charge in [0.25, 0.3) is 0 Å². The largest absolute Gasteiger partial charge is 0.480 e. The predicted molar refractivity (Wildman–Crippen MR) is 63.6 cm³/mol. The summed E-state index contributed by atoms with van der Waals surface area (Å²) in [6.07, 6.45) is 0. The number of amides is 1. The Morgan fingerprint density at radius 1 is 1.47 bits per heavy atom. The molecule has 0 aliphatic heterocycles. The summed E-state index contributed by atoms with van der Waals surface area (Å²) in [7, 11) is 0. The van der Waals surface area contributed by atoms with Crippen LogP contribution in [0.2, 0.25) is 0 Å². The molecule has 5 nitrogen and oxygen atoms in total. The fraction of sp³-hybridized carbons (Fsp3) is 0.333. The van der Waals surface area contributed by atoms with Crippen molar-refractivity contribution < 1.29 is 14.7 Å². The Kier molecular flexibility index (Phi) is 4.23. The molecule has 92 valence electrons. The number of hydrogen-bond acceptors (Lipinski definition) is 3. The standard InChI is InChI=1S/C12H16N2O3/c1-7-5-9(11(13)15)3-4-10(7)6-14-8(2)12(16)17/h3-5,8,14H,6H2,1-2H3,(H2,13,15)(H,16,17)/t8-/m1/s1. The molecular weight excluding hydrogens is 220 g/mol. The second-order valence-electron chi connectivity index (χ2n) is 3.95. The Balaban J connectivity index is 2.73. The average Bonchev–Trinajstić information content (AvgIpc) is 2.26. The van der Waals surface area contributed by atoms with Gasteiger partial charge in [-0.1, -0.05) is 6.07 Å². The van der Waals surface area contributed by atoms with Crippen LogP contribution < -0.4 is 11.1 Å². The van der Waals surface area contributed by atoms with E-state index in [2.05, 4.69) is 5.32 Å². The van der Waals surface area contributed by atoms with Gasteiger partial charge in [-0.05, 0) is 37.1 Å². The maximum atomic E-state index is 10.9. The van der Waals surface area contributed by atoms with E-state index in [-0.39, 0.29) is 0 Å². The molecule has 0 saturated heterocycles. The van der Waals surface area contributed by atoms with Crippen LogP contribution in [0.1, 0.15) is 28.4 Å². The molecule has 0 aliphatic carbocycles. The summed E-state index contributed by atoms with van der Waals surface area (Å²) in [6.45, 7) is 3.88. The molecule has 0 heterocycles. The fourth-order valence-electron chi connectivity index (χ4n) is 1.40. The van der Waals surface area contributed by atoms with Gasteiger partial charge in [0.1, 0.15) is 6.04 Å². The van der Waals surface area contributed by atoms with Gasteiger partial charge >= 0.3 is 5.97 Å². The number of nitrogens with one attached hydrogen (secondary N) is 1. The summed E-state index contributed by atoms with van der Waals surface area (Å²) >= 11 is 0. The lowest BCUT2D eigenvalue weighted by Crippen LogP contribution is -2.33. The summed E-state index contributed by atoms with van der Waals surface area (Å²) < 4.78 is 0. The highest BCUT2D eigenvalue weighted by molar-refractivity contribution is 5.93. The van der Waals surface area contributed by atoms with Crippen LogP contribution in [0.25, 0.3) is 0 Å². The van der Waals surface area contributed by atoms with Crippen LogP contribution in [0.15, 0.2) is 18.2 Å². The van der Waals surface area contributed by atoms with Gasteiger partial charge < -0.3 is 16.2 Å². The lowest BCUT2D eigenvalue weighted by Gasteiger charge is -2.11. The molecule has 1 rings (SSSR count). The van der Waals surface area contributed by atoms with Crippen molar-refractivity contribution in [2.24, 2.45) is 5.73 Å². The molecular formula is C12H16N2O3. The second-order valence-corrected chi connectivity index (χ2v) is 3.95. The van der Waals surface area contributed by atoms with Crippen LogP contribution in [0.5, 0.6) is 0 Å². The summed E-state index contributed by atoms with van der Waals surface area (Å²) in [6, 6.07) is 4.50. The molecule has 0 fully saturated rings. The first-order valence-electron chi connectivity index (χ1n) is 5.27. The van der Waals surface area contributed by atoms with Crippen molar-refractivity contribution in [3.63, 3.8) is 0 Å². The molecule has 0 unspecified atom stereocenters. The third kappa shape index (κ3) is 3.57. The molecule has 1 aromatic rings. The number of benzene rings is 1. The molecule has 0 bridgehead atoms. The number of carbonyl (C=O) groups is 2. The number of aryl methyl sites for hydroxylation is 1. The van der Waals surface area contributed by atoms with E-state index in [1.165, 1.54) is 0 Å². The minimum atomic E-state index is -0.892. The minimum Gasteiger partial charge on any atom is -0.480 e. The highest BCUT2D eigenvalue weighted by atomic mass is 16.4. The highest BCUT2D eigenvalue weighted by Crippen LogP contribution is 2.10. The minimum absolute atomic E-state index is 0.443. The van der Waals surface area contributed by atoms with Crippen molar-refractivity contribution >= 4 is 11.9 Å². The first-order chi connectivity index (χ1) is 7.91. The zero-order valence-corrected chi connectivity index (χ0v) is 9.86. The molecule has 0 aromatic heterocycles. The van der Waals surface area contributed by atoms with E-state index in [0.29, 0.717) is 12.1 Å². The van der Waals surface area contributed by atoms with Gasteiger partial charge in [0.15, 0.2) is 0 Å². The molecule has 17 heavy (non-hydrogen) atoms. The lowest BCUT2D eigenvalue weighted by molar-refractivity contribution is -0.139. The van der Waals surface area contributed by atoms with E-state index in [4.69, 9.17) is 10.8 Å². The number of carbonyl (C=O) groups excluding carboxylic acids is 1. The normalized spacial score (nSPS) is 12.1. The van der Waals surface area contributed by atoms with E-state index < -0.39 is 17.9 Å². The SMILES string of the molecule is Cc1cc(C(N)=O)ccc1CN[C@H](C)C(=O)O. The fourth-order valence-corrected chi connectivity index (χ4v) is 1.40. The van der Waals surface area contributed by atoms with Crippen molar-refractivity contribution in [2.75, 3.05) is 0 Å². The van der Waals surface area contributed by atoms with E-state index in [0.717, 1.165) is 11.1 Å². The first kappa shape index (κ1) is 13.2. The Labute approximate surface area is 99.6 Å².